The third-order valence-electron chi connectivity index (χ3n) is 4.65. The molecule has 1 aliphatic rings. The topological polar surface area (TPSA) is 57.5 Å². The summed E-state index contributed by atoms with van der Waals surface area (Å²) in [6.45, 7) is 6.97. The van der Waals surface area contributed by atoms with Gasteiger partial charge in [-0.15, -0.1) is 0 Å². The van der Waals surface area contributed by atoms with Gasteiger partial charge in [-0.1, -0.05) is 6.07 Å². The lowest BCUT2D eigenvalue weighted by atomic mass is 10.2. The van der Waals surface area contributed by atoms with E-state index in [-0.39, 0.29) is 5.91 Å². The molecule has 134 valence electrons. The van der Waals surface area contributed by atoms with Crippen molar-refractivity contribution in [3.63, 3.8) is 0 Å². The lowest BCUT2D eigenvalue weighted by Crippen LogP contribution is -2.50. The molecule has 3 heterocycles. The molecule has 3 rings (SSSR count). The normalized spacial score (nSPS) is 15.9. The second-order valence-electron chi connectivity index (χ2n) is 6.86. The summed E-state index contributed by atoms with van der Waals surface area (Å²) in [5.41, 5.74) is 2.00. The molecule has 7 nitrogen and oxygen atoms in total. The number of nitrogens with zero attached hydrogens (tertiary/aromatic N) is 6. The number of aromatic nitrogens is 3. The van der Waals surface area contributed by atoms with Crippen LogP contribution in [0.3, 0.4) is 0 Å². The first kappa shape index (κ1) is 17.4. The van der Waals surface area contributed by atoms with Crippen molar-refractivity contribution in [1.82, 2.24) is 19.7 Å². The molecule has 0 atom stereocenters. The fourth-order valence-corrected chi connectivity index (χ4v) is 2.92. The Morgan fingerprint density at radius 2 is 2.04 bits per heavy atom. The number of carbonyl (C=O) groups excluding carboxylic acids is 1. The average Bonchev–Trinajstić information content (AvgIpc) is 3.01. The first-order chi connectivity index (χ1) is 11.9. The van der Waals surface area contributed by atoms with E-state index < -0.39 is 0 Å². The standard InChI is InChI=1S/C18H26N6O/c1-14(2)22(4)17-6-5-15(9-19-17)11-23-7-8-24(18(25)13-23)16-10-20-21(3)12-16/h5-6,9-10,12,14H,7-8,11,13H2,1-4H3. The highest BCUT2D eigenvalue weighted by Gasteiger charge is 2.25. The second-order valence-corrected chi connectivity index (χ2v) is 6.86. The van der Waals surface area contributed by atoms with Gasteiger partial charge in [0.2, 0.25) is 5.91 Å². The van der Waals surface area contributed by atoms with Crippen molar-refractivity contribution in [2.24, 2.45) is 7.05 Å². The molecule has 1 fully saturated rings. The van der Waals surface area contributed by atoms with Gasteiger partial charge in [-0.2, -0.15) is 5.10 Å². The summed E-state index contributed by atoms with van der Waals surface area (Å²) in [6, 6.07) is 4.55. The molecule has 0 spiro atoms. The van der Waals surface area contributed by atoms with Crippen molar-refractivity contribution >= 4 is 17.4 Å². The minimum absolute atomic E-state index is 0.114. The zero-order chi connectivity index (χ0) is 18.0. The van der Waals surface area contributed by atoms with Gasteiger partial charge in [0.25, 0.3) is 0 Å². The van der Waals surface area contributed by atoms with Gasteiger partial charge in [0, 0.05) is 52.2 Å². The molecule has 0 N–H and O–H groups in total. The quantitative estimate of drug-likeness (QED) is 0.824. The van der Waals surface area contributed by atoms with Gasteiger partial charge in [0.1, 0.15) is 5.82 Å². The van der Waals surface area contributed by atoms with Crippen LogP contribution in [0.1, 0.15) is 19.4 Å². The monoisotopic (exact) mass is 342 g/mol. The predicted octanol–water partition coefficient (Wildman–Crippen LogP) is 1.51. The lowest BCUT2D eigenvalue weighted by molar-refractivity contribution is -0.121. The molecule has 0 saturated carbocycles. The number of piperazine rings is 1. The van der Waals surface area contributed by atoms with Crippen LogP contribution in [-0.4, -0.2) is 58.3 Å². The Morgan fingerprint density at radius 1 is 1.24 bits per heavy atom. The third-order valence-corrected chi connectivity index (χ3v) is 4.65. The number of pyridine rings is 1. The number of hydrogen-bond acceptors (Lipinski definition) is 5. The molecular weight excluding hydrogens is 316 g/mol. The maximum Gasteiger partial charge on any atom is 0.241 e. The van der Waals surface area contributed by atoms with E-state index in [1.807, 2.05) is 37.5 Å². The van der Waals surface area contributed by atoms with Gasteiger partial charge in [-0.05, 0) is 25.5 Å². The van der Waals surface area contributed by atoms with Crippen LogP contribution in [0.2, 0.25) is 0 Å². The third kappa shape index (κ3) is 3.99. The van der Waals surface area contributed by atoms with Gasteiger partial charge < -0.3 is 9.80 Å². The zero-order valence-corrected chi connectivity index (χ0v) is 15.4. The van der Waals surface area contributed by atoms with Crippen molar-refractivity contribution in [1.29, 1.82) is 0 Å². The highest BCUT2D eigenvalue weighted by Crippen LogP contribution is 2.18. The Balaban J connectivity index is 1.59. The molecule has 7 heteroatoms. The highest BCUT2D eigenvalue weighted by atomic mass is 16.2. The van der Waals surface area contributed by atoms with Crippen LogP contribution in [-0.2, 0) is 18.4 Å². The Kier molecular flexibility index (Phi) is 5.03. The first-order valence-electron chi connectivity index (χ1n) is 8.63. The molecule has 0 aliphatic carbocycles. The fraction of sp³-hybridized carbons (Fsp3) is 0.500. The van der Waals surface area contributed by atoms with Crippen LogP contribution in [0.4, 0.5) is 11.5 Å². The van der Waals surface area contributed by atoms with Crippen LogP contribution < -0.4 is 9.80 Å². The Bertz CT molecular complexity index is 723. The van der Waals surface area contributed by atoms with Crippen LogP contribution >= 0.6 is 0 Å². The number of aryl methyl sites for hydroxylation is 1. The molecule has 0 bridgehead atoms. The van der Waals surface area contributed by atoms with Crippen LogP contribution in [0.5, 0.6) is 0 Å². The number of anilines is 2. The number of carbonyl (C=O) groups is 1. The van der Waals surface area contributed by atoms with Crippen molar-refractivity contribution < 1.29 is 4.79 Å². The summed E-state index contributed by atoms with van der Waals surface area (Å²) < 4.78 is 1.72. The van der Waals surface area contributed by atoms with E-state index in [1.54, 1.807) is 10.9 Å². The van der Waals surface area contributed by atoms with E-state index in [1.165, 1.54) is 0 Å². The molecule has 1 saturated heterocycles. The van der Waals surface area contributed by atoms with Gasteiger partial charge in [-0.3, -0.25) is 14.4 Å². The average molecular weight is 342 g/mol. The summed E-state index contributed by atoms with van der Waals surface area (Å²) >= 11 is 0. The van der Waals surface area contributed by atoms with Crippen LogP contribution in [0.25, 0.3) is 0 Å². The first-order valence-corrected chi connectivity index (χ1v) is 8.63. The van der Waals surface area contributed by atoms with E-state index in [4.69, 9.17) is 0 Å². The minimum Gasteiger partial charge on any atom is -0.357 e. The summed E-state index contributed by atoms with van der Waals surface area (Å²) in [5, 5.41) is 4.14. The van der Waals surface area contributed by atoms with Gasteiger partial charge in [0.05, 0.1) is 18.4 Å². The maximum atomic E-state index is 12.4. The van der Waals surface area contributed by atoms with E-state index in [0.717, 1.165) is 30.2 Å². The van der Waals surface area contributed by atoms with Crippen LogP contribution in [0, 0.1) is 0 Å². The predicted molar refractivity (Wildman–Crippen MR) is 98.6 cm³/mol. The number of amides is 1. The van der Waals surface area contributed by atoms with Crippen molar-refractivity contribution in [2.75, 3.05) is 36.5 Å². The lowest BCUT2D eigenvalue weighted by Gasteiger charge is -2.33. The van der Waals surface area contributed by atoms with E-state index in [9.17, 15) is 4.79 Å². The molecule has 1 aliphatic heterocycles. The molecule has 0 aromatic carbocycles. The van der Waals surface area contributed by atoms with Gasteiger partial charge >= 0.3 is 0 Å². The number of rotatable bonds is 5. The molecule has 25 heavy (non-hydrogen) atoms. The minimum atomic E-state index is 0.114. The summed E-state index contributed by atoms with van der Waals surface area (Å²) in [6.07, 6.45) is 5.52. The Labute approximate surface area is 148 Å². The highest BCUT2D eigenvalue weighted by molar-refractivity contribution is 5.95. The van der Waals surface area contributed by atoms with Crippen LogP contribution in [0.15, 0.2) is 30.7 Å². The molecule has 0 radical (unpaired) electrons. The summed E-state index contributed by atoms with van der Waals surface area (Å²) in [7, 11) is 3.90. The molecule has 2 aromatic heterocycles. The van der Waals surface area contributed by atoms with E-state index >= 15 is 0 Å². The maximum absolute atomic E-state index is 12.4. The summed E-state index contributed by atoms with van der Waals surface area (Å²) in [4.78, 5) is 23.1. The molecule has 0 unspecified atom stereocenters. The SMILES string of the molecule is CC(C)N(C)c1ccc(CN2CCN(c3cnn(C)c3)C(=O)C2)cn1. The van der Waals surface area contributed by atoms with E-state index in [2.05, 4.69) is 39.8 Å². The van der Waals surface area contributed by atoms with Gasteiger partial charge in [0.15, 0.2) is 0 Å². The smallest absolute Gasteiger partial charge is 0.241 e. The molecular formula is C18H26N6O. The van der Waals surface area contributed by atoms with Gasteiger partial charge in [-0.25, -0.2) is 4.98 Å². The van der Waals surface area contributed by atoms with Crippen molar-refractivity contribution in [3.05, 3.63) is 36.3 Å². The van der Waals surface area contributed by atoms with Crippen molar-refractivity contribution in [2.45, 2.75) is 26.4 Å². The fourth-order valence-electron chi connectivity index (χ4n) is 2.92. The Morgan fingerprint density at radius 3 is 2.60 bits per heavy atom. The second kappa shape index (κ2) is 7.23. The largest absolute Gasteiger partial charge is 0.357 e. The Hall–Kier alpha value is -2.41. The molecule has 1 amide bonds. The van der Waals surface area contributed by atoms with Crippen molar-refractivity contribution in [3.8, 4) is 0 Å². The molecule has 2 aromatic rings. The summed E-state index contributed by atoms with van der Waals surface area (Å²) in [5.74, 6) is 1.08. The van der Waals surface area contributed by atoms with E-state index in [0.29, 0.717) is 19.1 Å². The number of hydrogen-bond donors (Lipinski definition) is 0. The zero-order valence-electron chi connectivity index (χ0n) is 15.4.